The number of amides is 1. The molecule has 0 bridgehead atoms. The second kappa shape index (κ2) is 8.04. The molecule has 1 aliphatic carbocycles. The van der Waals surface area contributed by atoms with E-state index in [1.54, 1.807) is 18.2 Å². The van der Waals surface area contributed by atoms with Crippen LogP contribution in [0.25, 0.3) is 11.1 Å². The Morgan fingerprint density at radius 2 is 1.41 bits per heavy atom. The van der Waals surface area contributed by atoms with E-state index in [4.69, 9.17) is 4.74 Å². The van der Waals surface area contributed by atoms with Crippen LogP contribution in [-0.2, 0) is 9.53 Å². The van der Waals surface area contributed by atoms with E-state index < -0.39 is 23.9 Å². The van der Waals surface area contributed by atoms with Gasteiger partial charge in [-0.15, -0.1) is 0 Å². The molecule has 3 aromatic rings. The van der Waals surface area contributed by atoms with Crippen molar-refractivity contribution < 1.29 is 24.5 Å². The van der Waals surface area contributed by atoms with E-state index in [1.807, 2.05) is 24.3 Å². The summed E-state index contributed by atoms with van der Waals surface area (Å²) in [5, 5.41) is 19.9. The Morgan fingerprint density at radius 1 is 0.844 bits per heavy atom. The lowest BCUT2D eigenvalue weighted by atomic mass is 9.88. The molecule has 2 N–H and O–H groups in total. The van der Waals surface area contributed by atoms with Gasteiger partial charge in [0.25, 0.3) is 0 Å². The molecule has 1 amide bonds. The number of likely N-dealkylation sites (tertiary alicyclic amines) is 1. The third-order valence-corrected chi connectivity index (χ3v) is 6.57. The number of benzene rings is 3. The zero-order valence-electron chi connectivity index (χ0n) is 17.3. The van der Waals surface area contributed by atoms with Crippen molar-refractivity contribution in [2.45, 2.75) is 11.8 Å². The predicted octanol–water partition coefficient (Wildman–Crippen LogP) is 4.44. The van der Waals surface area contributed by atoms with Gasteiger partial charge >= 0.3 is 12.1 Å². The molecule has 1 aliphatic heterocycles. The minimum Gasteiger partial charge on any atom is -0.508 e. The molecule has 0 saturated carbocycles. The van der Waals surface area contributed by atoms with Crippen molar-refractivity contribution in [3.63, 3.8) is 0 Å². The minimum absolute atomic E-state index is 0.0399. The van der Waals surface area contributed by atoms with E-state index in [0.717, 1.165) is 22.3 Å². The Hall–Kier alpha value is -3.80. The first-order valence-corrected chi connectivity index (χ1v) is 10.6. The number of phenolic OH excluding ortho intramolecular Hbond substituents is 1. The van der Waals surface area contributed by atoms with Crippen LogP contribution in [0.15, 0.2) is 72.8 Å². The highest BCUT2D eigenvalue weighted by Gasteiger charge is 2.42. The lowest BCUT2D eigenvalue weighted by molar-refractivity contribution is -0.141. The molecular formula is C26H23NO5. The number of rotatable bonds is 4. The number of phenols is 1. The SMILES string of the molecule is O=C(O)[C@@H]1CN(C(=O)OCC2c3ccccc3-c3ccccc32)C[C@H]1c1ccccc1O. The van der Waals surface area contributed by atoms with E-state index >= 15 is 0 Å². The maximum Gasteiger partial charge on any atom is 0.409 e. The molecule has 1 heterocycles. The van der Waals surface area contributed by atoms with Gasteiger partial charge < -0.3 is 19.8 Å². The number of nitrogens with zero attached hydrogens (tertiary/aromatic N) is 1. The van der Waals surface area contributed by atoms with Crippen molar-refractivity contribution in [3.8, 4) is 16.9 Å². The Balaban J connectivity index is 1.33. The molecule has 2 aliphatic rings. The average molecular weight is 429 g/mol. The van der Waals surface area contributed by atoms with Crippen LogP contribution in [0.5, 0.6) is 5.75 Å². The minimum atomic E-state index is -0.993. The molecule has 2 atom stereocenters. The smallest absolute Gasteiger partial charge is 0.409 e. The number of aliphatic carboxylic acids is 1. The van der Waals surface area contributed by atoms with Crippen molar-refractivity contribution >= 4 is 12.1 Å². The molecule has 1 fully saturated rings. The highest BCUT2D eigenvalue weighted by Crippen LogP contribution is 2.44. The molecule has 1 saturated heterocycles. The number of hydrogen-bond donors (Lipinski definition) is 2. The van der Waals surface area contributed by atoms with Gasteiger partial charge in [0.15, 0.2) is 0 Å². The van der Waals surface area contributed by atoms with Gasteiger partial charge in [0.1, 0.15) is 12.4 Å². The van der Waals surface area contributed by atoms with E-state index in [1.165, 1.54) is 11.0 Å². The van der Waals surface area contributed by atoms with Gasteiger partial charge in [0.2, 0.25) is 0 Å². The number of ether oxygens (including phenoxy) is 1. The van der Waals surface area contributed by atoms with Gasteiger partial charge in [0.05, 0.1) is 5.92 Å². The summed E-state index contributed by atoms with van der Waals surface area (Å²) in [6.45, 7) is 0.415. The molecule has 3 aromatic carbocycles. The number of hydrogen-bond acceptors (Lipinski definition) is 4. The lowest BCUT2D eigenvalue weighted by Gasteiger charge is -2.19. The summed E-state index contributed by atoms with van der Waals surface area (Å²) in [5.41, 5.74) is 5.08. The summed E-state index contributed by atoms with van der Waals surface area (Å²) in [4.78, 5) is 26.2. The molecule has 32 heavy (non-hydrogen) atoms. The summed E-state index contributed by atoms with van der Waals surface area (Å²) in [7, 11) is 0. The number of carboxylic acid groups (broad SMARTS) is 1. The fraction of sp³-hybridized carbons (Fsp3) is 0.231. The molecule has 0 aromatic heterocycles. The van der Waals surface area contributed by atoms with Gasteiger partial charge in [-0.1, -0.05) is 66.7 Å². The second-order valence-corrected chi connectivity index (χ2v) is 8.32. The molecule has 162 valence electrons. The third kappa shape index (κ3) is 3.38. The van der Waals surface area contributed by atoms with Crippen LogP contribution in [-0.4, -0.2) is 46.9 Å². The summed E-state index contributed by atoms with van der Waals surface area (Å²) >= 11 is 0. The maximum atomic E-state index is 12.9. The highest BCUT2D eigenvalue weighted by molar-refractivity contribution is 5.79. The van der Waals surface area contributed by atoms with Crippen molar-refractivity contribution in [2.75, 3.05) is 19.7 Å². The molecule has 0 radical (unpaired) electrons. The number of para-hydroxylation sites is 1. The molecule has 0 spiro atoms. The fourth-order valence-corrected chi connectivity index (χ4v) is 5.00. The van der Waals surface area contributed by atoms with Crippen LogP contribution >= 0.6 is 0 Å². The van der Waals surface area contributed by atoms with E-state index in [0.29, 0.717) is 5.56 Å². The zero-order valence-corrected chi connectivity index (χ0v) is 17.3. The molecule has 6 heteroatoms. The number of carboxylic acids is 1. The summed E-state index contributed by atoms with van der Waals surface area (Å²) in [6.07, 6.45) is -0.531. The highest BCUT2D eigenvalue weighted by atomic mass is 16.6. The van der Waals surface area contributed by atoms with Crippen molar-refractivity contribution in [3.05, 3.63) is 89.5 Å². The number of carbonyl (C=O) groups is 2. The fourth-order valence-electron chi connectivity index (χ4n) is 5.00. The van der Waals surface area contributed by atoms with Crippen LogP contribution in [0.4, 0.5) is 4.79 Å². The monoisotopic (exact) mass is 429 g/mol. The zero-order chi connectivity index (χ0) is 22.2. The molecule has 5 rings (SSSR count). The van der Waals surface area contributed by atoms with E-state index in [9.17, 15) is 19.8 Å². The summed E-state index contributed by atoms with van der Waals surface area (Å²) < 4.78 is 5.70. The first-order valence-electron chi connectivity index (χ1n) is 10.6. The topological polar surface area (TPSA) is 87.1 Å². The number of aromatic hydroxyl groups is 1. The molecular weight excluding hydrogens is 406 g/mol. The van der Waals surface area contributed by atoms with E-state index in [-0.39, 0.29) is 31.4 Å². The maximum absolute atomic E-state index is 12.9. The van der Waals surface area contributed by atoms with Crippen molar-refractivity contribution in [1.29, 1.82) is 0 Å². The Bertz CT molecular complexity index is 1140. The summed E-state index contributed by atoms with van der Waals surface area (Å²) in [6, 6.07) is 22.9. The van der Waals surface area contributed by atoms with Crippen molar-refractivity contribution in [1.82, 2.24) is 4.90 Å². The second-order valence-electron chi connectivity index (χ2n) is 8.32. The quantitative estimate of drug-likeness (QED) is 0.640. The average Bonchev–Trinajstić information content (AvgIpc) is 3.38. The lowest BCUT2D eigenvalue weighted by Crippen LogP contribution is -2.31. The predicted molar refractivity (Wildman–Crippen MR) is 119 cm³/mol. The van der Waals surface area contributed by atoms with Crippen LogP contribution in [0.1, 0.15) is 28.5 Å². The van der Waals surface area contributed by atoms with E-state index in [2.05, 4.69) is 24.3 Å². The van der Waals surface area contributed by atoms with Gasteiger partial charge in [-0.2, -0.15) is 0 Å². The largest absolute Gasteiger partial charge is 0.508 e. The van der Waals surface area contributed by atoms with Crippen LogP contribution < -0.4 is 0 Å². The molecule has 6 nitrogen and oxygen atoms in total. The Labute approximate surface area is 185 Å². The number of carbonyl (C=O) groups excluding carboxylic acids is 1. The van der Waals surface area contributed by atoms with Crippen molar-refractivity contribution in [2.24, 2.45) is 5.92 Å². The first-order chi connectivity index (χ1) is 15.5. The number of fused-ring (bicyclic) bond motifs is 3. The normalized spacial score (nSPS) is 19.4. The van der Waals surface area contributed by atoms with Gasteiger partial charge in [-0.05, 0) is 33.9 Å². The van der Waals surface area contributed by atoms with Crippen LogP contribution in [0, 0.1) is 5.92 Å². The Morgan fingerprint density at radius 3 is 2.00 bits per heavy atom. The Kier molecular flexibility index (Phi) is 5.05. The molecule has 0 unspecified atom stereocenters. The standard InChI is InChI=1S/C26H23NO5/c28-24-12-6-5-11-20(24)21-13-27(14-22(21)25(29)30)26(31)32-15-23-18-9-3-1-7-16(18)17-8-2-4-10-19(17)23/h1-12,21-23,28H,13-15H2,(H,29,30)/t21-,22+/m0/s1. The van der Waals surface area contributed by atoms with Gasteiger partial charge in [0, 0.05) is 24.9 Å². The van der Waals surface area contributed by atoms with Crippen LogP contribution in [0.2, 0.25) is 0 Å². The third-order valence-electron chi connectivity index (χ3n) is 6.57. The summed E-state index contributed by atoms with van der Waals surface area (Å²) in [5.74, 6) is -2.30. The van der Waals surface area contributed by atoms with Crippen LogP contribution in [0.3, 0.4) is 0 Å². The first kappa shape index (κ1) is 20.1. The van der Waals surface area contributed by atoms with Gasteiger partial charge in [-0.25, -0.2) is 4.79 Å². The van der Waals surface area contributed by atoms with Gasteiger partial charge in [-0.3, -0.25) is 4.79 Å².